The van der Waals surface area contributed by atoms with Crippen LogP contribution in [0.15, 0.2) is 47.6 Å². The summed E-state index contributed by atoms with van der Waals surface area (Å²) in [5.74, 6) is 1.38. The highest BCUT2D eigenvalue weighted by Crippen LogP contribution is 2.34. The summed E-state index contributed by atoms with van der Waals surface area (Å²) in [5.41, 5.74) is 6.05. The molecular formula is C14H13ClN2O3. The molecule has 0 aliphatic carbocycles. The van der Waals surface area contributed by atoms with Crippen molar-refractivity contribution in [2.45, 2.75) is 0 Å². The van der Waals surface area contributed by atoms with E-state index in [2.05, 4.69) is 5.16 Å². The second-order valence-corrected chi connectivity index (χ2v) is 4.32. The SMILES string of the molecule is COc1ccccc1Oc1cc(Cl)ccc1C(N)=NO. The van der Waals surface area contributed by atoms with Crippen molar-refractivity contribution in [1.29, 1.82) is 0 Å². The lowest BCUT2D eigenvalue weighted by atomic mass is 10.2. The molecule has 3 N–H and O–H groups in total. The highest BCUT2D eigenvalue weighted by atomic mass is 35.5. The van der Waals surface area contributed by atoms with Gasteiger partial charge in [-0.1, -0.05) is 28.9 Å². The van der Waals surface area contributed by atoms with Crippen LogP contribution in [0.25, 0.3) is 0 Å². The molecule has 6 heteroatoms. The fourth-order valence-corrected chi connectivity index (χ4v) is 1.83. The summed E-state index contributed by atoms with van der Waals surface area (Å²) >= 11 is 5.95. The molecule has 0 radical (unpaired) electrons. The van der Waals surface area contributed by atoms with Crippen LogP contribution in [0.5, 0.6) is 17.2 Å². The van der Waals surface area contributed by atoms with E-state index in [0.717, 1.165) is 0 Å². The maximum Gasteiger partial charge on any atom is 0.173 e. The van der Waals surface area contributed by atoms with Crippen LogP contribution < -0.4 is 15.2 Å². The van der Waals surface area contributed by atoms with Crippen molar-refractivity contribution in [3.05, 3.63) is 53.1 Å². The van der Waals surface area contributed by atoms with Gasteiger partial charge in [0.2, 0.25) is 0 Å². The summed E-state index contributed by atoms with van der Waals surface area (Å²) in [6, 6.07) is 12.0. The molecule has 20 heavy (non-hydrogen) atoms. The van der Waals surface area contributed by atoms with Crippen LogP contribution in [-0.4, -0.2) is 18.2 Å². The van der Waals surface area contributed by atoms with E-state index in [0.29, 0.717) is 27.8 Å². The average molecular weight is 293 g/mol. The Balaban J connectivity index is 2.45. The van der Waals surface area contributed by atoms with Crippen LogP contribution in [0.4, 0.5) is 0 Å². The number of benzene rings is 2. The van der Waals surface area contributed by atoms with Crippen molar-refractivity contribution >= 4 is 17.4 Å². The van der Waals surface area contributed by atoms with Crippen molar-refractivity contribution in [2.24, 2.45) is 10.9 Å². The summed E-state index contributed by atoms with van der Waals surface area (Å²) in [4.78, 5) is 0. The predicted octanol–water partition coefficient (Wildman–Crippen LogP) is 3.24. The van der Waals surface area contributed by atoms with Crippen LogP contribution in [0.1, 0.15) is 5.56 Å². The Morgan fingerprint density at radius 2 is 1.85 bits per heavy atom. The molecule has 5 nitrogen and oxygen atoms in total. The van der Waals surface area contributed by atoms with Crippen molar-refractivity contribution in [1.82, 2.24) is 0 Å². The first-order valence-corrected chi connectivity index (χ1v) is 6.12. The number of rotatable bonds is 4. The number of nitrogens with zero attached hydrogens (tertiary/aromatic N) is 1. The zero-order valence-electron chi connectivity index (χ0n) is 10.7. The van der Waals surface area contributed by atoms with E-state index in [9.17, 15) is 0 Å². The summed E-state index contributed by atoms with van der Waals surface area (Å²) in [7, 11) is 1.55. The third-order valence-electron chi connectivity index (χ3n) is 2.62. The van der Waals surface area contributed by atoms with E-state index >= 15 is 0 Å². The first-order valence-electron chi connectivity index (χ1n) is 5.74. The zero-order valence-corrected chi connectivity index (χ0v) is 11.5. The number of hydrogen-bond acceptors (Lipinski definition) is 4. The maximum atomic E-state index is 8.80. The molecule has 2 aromatic rings. The molecule has 0 atom stereocenters. The van der Waals surface area contributed by atoms with Crippen LogP contribution in [0.2, 0.25) is 5.02 Å². The molecule has 0 aromatic heterocycles. The van der Waals surface area contributed by atoms with Gasteiger partial charge in [-0.3, -0.25) is 0 Å². The molecule has 0 aliphatic heterocycles. The van der Waals surface area contributed by atoms with Crippen molar-refractivity contribution < 1.29 is 14.7 Å². The van der Waals surface area contributed by atoms with Gasteiger partial charge in [0.15, 0.2) is 17.3 Å². The third kappa shape index (κ3) is 2.95. The van der Waals surface area contributed by atoms with Gasteiger partial charge in [0.1, 0.15) is 5.75 Å². The summed E-state index contributed by atoms with van der Waals surface area (Å²) in [5, 5.41) is 12.2. The smallest absolute Gasteiger partial charge is 0.173 e. The van der Waals surface area contributed by atoms with E-state index < -0.39 is 0 Å². The molecule has 0 fully saturated rings. The summed E-state index contributed by atoms with van der Waals surface area (Å²) in [6.07, 6.45) is 0. The average Bonchev–Trinajstić information content (AvgIpc) is 2.47. The summed E-state index contributed by atoms with van der Waals surface area (Å²) < 4.78 is 11.0. The van der Waals surface area contributed by atoms with Gasteiger partial charge in [0.05, 0.1) is 12.7 Å². The molecule has 0 aliphatic rings. The number of nitrogens with two attached hydrogens (primary N) is 1. The maximum absolute atomic E-state index is 8.80. The van der Waals surface area contributed by atoms with Gasteiger partial charge in [0.25, 0.3) is 0 Å². The zero-order chi connectivity index (χ0) is 14.5. The van der Waals surface area contributed by atoms with E-state index in [1.807, 2.05) is 12.1 Å². The van der Waals surface area contributed by atoms with E-state index in [-0.39, 0.29) is 5.84 Å². The summed E-state index contributed by atoms with van der Waals surface area (Å²) in [6.45, 7) is 0. The molecule has 0 bridgehead atoms. The second kappa shape index (κ2) is 6.16. The van der Waals surface area contributed by atoms with Crippen LogP contribution in [-0.2, 0) is 0 Å². The number of para-hydroxylation sites is 2. The number of methoxy groups -OCH3 is 1. The van der Waals surface area contributed by atoms with Crippen molar-refractivity contribution in [3.8, 4) is 17.2 Å². The third-order valence-corrected chi connectivity index (χ3v) is 2.85. The molecule has 0 amide bonds. The normalized spacial score (nSPS) is 11.2. The molecular weight excluding hydrogens is 280 g/mol. The molecule has 2 aromatic carbocycles. The highest BCUT2D eigenvalue weighted by molar-refractivity contribution is 6.30. The lowest BCUT2D eigenvalue weighted by Gasteiger charge is -2.13. The molecule has 0 spiro atoms. The fourth-order valence-electron chi connectivity index (χ4n) is 1.67. The topological polar surface area (TPSA) is 77.1 Å². The number of oxime groups is 1. The van der Waals surface area contributed by atoms with Gasteiger partial charge in [-0.05, 0) is 24.3 Å². The highest BCUT2D eigenvalue weighted by Gasteiger charge is 2.12. The van der Waals surface area contributed by atoms with E-state index in [4.69, 9.17) is 32.0 Å². The van der Waals surface area contributed by atoms with Gasteiger partial charge in [-0.2, -0.15) is 0 Å². The number of halogens is 1. The minimum Gasteiger partial charge on any atom is -0.493 e. The lowest BCUT2D eigenvalue weighted by molar-refractivity contribution is 0.318. The number of amidine groups is 1. The van der Waals surface area contributed by atoms with Gasteiger partial charge < -0.3 is 20.4 Å². The van der Waals surface area contributed by atoms with Gasteiger partial charge in [0, 0.05) is 11.1 Å². The van der Waals surface area contributed by atoms with E-state index in [1.165, 1.54) is 0 Å². The molecule has 0 saturated heterocycles. The standard InChI is InChI=1S/C14H13ClN2O3/c1-19-11-4-2-3-5-12(11)20-13-8-9(15)6-7-10(13)14(16)17-18/h2-8,18H,1H3,(H2,16,17). The first kappa shape index (κ1) is 14.0. The Morgan fingerprint density at radius 1 is 1.15 bits per heavy atom. The first-order chi connectivity index (χ1) is 9.65. The van der Waals surface area contributed by atoms with Crippen molar-refractivity contribution in [2.75, 3.05) is 7.11 Å². The monoisotopic (exact) mass is 292 g/mol. The van der Waals surface area contributed by atoms with Gasteiger partial charge >= 0.3 is 0 Å². The molecule has 2 rings (SSSR count). The Bertz CT molecular complexity index is 644. The van der Waals surface area contributed by atoms with Crippen LogP contribution in [0, 0.1) is 0 Å². The largest absolute Gasteiger partial charge is 0.493 e. The number of ether oxygens (including phenoxy) is 2. The molecule has 0 saturated carbocycles. The Morgan fingerprint density at radius 3 is 2.50 bits per heavy atom. The quantitative estimate of drug-likeness (QED) is 0.392. The second-order valence-electron chi connectivity index (χ2n) is 3.88. The number of hydrogen-bond donors (Lipinski definition) is 2. The lowest BCUT2D eigenvalue weighted by Crippen LogP contribution is -2.14. The molecule has 104 valence electrons. The van der Waals surface area contributed by atoms with Crippen molar-refractivity contribution in [3.63, 3.8) is 0 Å². The predicted molar refractivity (Wildman–Crippen MR) is 77.0 cm³/mol. The Labute approximate surface area is 121 Å². The van der Waals surface area contributed by atoms with Gasteiger partial charge in [-0.25, -0.2) is 0 Å². The van der Waals surface area contributed by atoms with Crippen LogP contribution >= 0.6 is 11.6 Å². The minimum absolute atomic E-state index is 0.0634. The van der Waals surface area contributed by atoms with Gasteiger partial charge in [-0.15, -0.1) is 0 Å². The molecule has 0 heterocycles. The molecule has 0 unspecified atom stereocenters. The van der Waals surface area contributed by atoms with E-state index in [1.54, 1.807) is 37.4 Å². The Hall–Kier alpha value is -2.40. The minimum atomic E-state index is -0.0634. The van der Waals surface area contributed by atoms with Crippen LogP contribution in [0.3, 0.4) is 0 Å². The fraction of sp³-hybridized carbons (Fsp3) is 0.0714. The Kier molecular flexibility index (Phi) is 4.32.